The predicted molar refractivity (Wildman–Crippen MR) is 53.9 cm³/mol. The van der Waals surface area contributed by atoms with Crippen LogP contribution in [0.25, 0.3) is 0 Å². The van der Waals surface area contributed by atoms with E-state index in [-0.39, 0.29) is 6.54 Å². The van der Waals surface area contributed by atoms with Crippen LogP contribution >= 0.6 is 0 Å². The molecule has 0 unspecified atom stereocenters. The Balaban J connectivity index is 2.84. The Morgan fingerprint density at radius 3 is 2.80 bits per heavy atom. The molecule has 15 heavy (non-hydrogen) atoms. The van der Waals surface area contributed by atoms with Crippen LogP contribution in [-0.2, 0) is 24.3 Å². The topological polar surface area (TPSA) is 48.9 Å². The molecule has 0 saturated carbocycles. The highest BCUT2D eigenvalue weighted by Gasteiger charge is 2.14. The molecular weight excluding hydrogens is 192 g/mol. The molecule has 0 aliphatic rings. The molecule has 84 valence electrons. The molecule has 0 amide bonds. The van der Waals surface area contributed by atoms with Gasteiger partial charge in [-0.2, -0.15) is 0 Å². The van der Waals surface area contributed by atoms with Gasteiger partial charge in [-0.05, 0) is 13.3 Å². The molecule has 1 aromatic rings. The number of rotatable bonds is 6. The highest BCUT2D eigenvalue weighted by atomic mass is 16.4. The van der Waals surface area contributed by atoms with Gasteiger partial charge < -0.3 is 9.90 Å². The van der Waals surface area contributed by atoms with Gasteiger partial charge in [-0.15, -0.1) is 0 Å². The van der Waals surface area contributed by atoms with Gasteiger partial charge in [0.1, 0.15) is 18.9 Å². The number of carbonyl (C=O) groups excluding carboxylic acids is 1. The highest BCUT2D eigenvalue weighted by molar-refractivity contribution is 5.62. The Bertz CT molecular complexity index is 331. The van der Waals surface area contributed by atoms with E-state index >= 15 is 0 Å². The number of hydrogen-bond donors (Lipinski definition) is 0. The number of carboxylic acid groups (broad SMARTS) is 1. The van der Waals surface area contributed by atoms with Crippen LogP contribution in [0.5, 0.6) is 0 Å². The molecule has 0 saturated heterocycles. The van der Waals surface area contributed by atoms with Crippen molar-refractivity contribution in [2.24, 2.45) is 0 Å². The zero-order valence-corrected chi connectivity index (χ0v) is 9.40. The van der Waals surface area contributed by atoms with E-state index in [4.69, 9.17) is 0 Å². The molecule has 0 aliphatic carbocycles. The summed E-state index contributed by atoms with van der Waals surface area (Å²) >= 11 is 0. The van der Waals surface area contributed by atoms with Crippen LogP contribution in [0.15, 0.2) is 12.4 Å². The van der Waals surface area contributed by atoms with Gasteiger partial charge in [0.2, 0.25) is 0 Å². The van der Waals surface area contributed by atoms with Crippen molar-refractivity contribution in [1.82, 2.24) is 4.57 Å². The minimum Gasteiger partial charge on any atom is -0.546 e. The summed E-state index contributed by atoms with van der Waals surface area (Å²) in [6.07, 6.45) is 6.85. The quantitative estimate of drug-likeness (QED) is 0.615. The van der Waals surface area contributed by atoms with Crippen molar-refractivity contribution in [2.75, 3.05) is 0 Å². The third-order valence-electron chi connectivity index (χ3n) is 2.48. The van der Waals surface area contributed by atoms with Crippen LogP contribution < -0.4 is 9.67 Å². The van der Waals surface area contributed by atoms with E-state index in [2.05, 4.69) is 18.4 Å². The largest absolute Gasteiger partial charge is 0.546 e. The summed E-state index contributed by atoms with van der Waals surface area (Å²) in [7, 11) is 0. The van der Waals surface area contributed by atoms with Crippen LogP contribution in [0, 0.1) is 0 Å². The summed E-state index contributed by atoms with van der Waals surface area (Å²) in [5, 5.41) is 10.6. The lowest BCUT2D eigenvalue weighted by Crippen LogP contribution is -2.45. The number of aliphatic carboxylic acids is 1. The van der Waals surface area contributed by atoms with Crippen LogP contribution in [-0.4, -0.2) is 10.5 Å². The van der Waals surface area contributed by atoms with E-state index in [0.29, 0.717) is 0 Å². The number of carbonyl (C=O) groups is 1. The van der Waals surface area contributed by atoms with Crippen LogP contribution in [0.2, 0.25) is 0 Å². The Morgan fingerprint density at radius 2 is 2.27 bits per heavy atom. The standard InChI is InChI=1S/C11H18N2O2/c1-3-5-6-10-12(4-2)7-8-13(10)9-11(14)15/h7-8H,3-6,9H2,1-2H3. The van der Waals surface area contributed by atoms with Crippen LogP contribution in [0.1, 0.15) is 32.5 Å². The maximum absolute atomic E-state index is 10.6. The normalized spacial score (nSPS) is 10.5. The van der Waals surface area contributed by atoms with E-state index in [1.807, 2.05) is 12.4 Å². The lowest BCUT2D eigenvalue weighted by atomic mass is 10.2. The molecule has 0 fully saturated rings. The lowest BCUT2D eigenvalue weighted by molar-refractivity contribution is -0.697. The molecule has 4 nitrogen and oxygen atoms in total. The molecule has 0 atom stereocenters. The molecule has 0 aliphatic heterocycles. The number of hydrogen-bond acceptors (Lipinski definition) is 2. The maximum atomic E-state index is 10.6. The van der Waals surface area contributed by atoms with E-state index in [1.165, 1.54) is 0 Å². The summed E-state index contributed by atoms with van der Waals surface area (Å²) in [5.74, 6) is 0.0372. The van der Waals surface area contributed by atoms with Crippen molar-refractivity contribution < 1.29 is 14.5 Å². The zero-order chi connectivity index (χ0) is 11.3. The number of carboxylic acids is 1. The molecular formula is C11H18N2O2. The molecule has 0 bridgehead atoms. The Morgan fingerprint density at radius 1 is 1.53 bits per heavy atom. The monoisotopic (exact) mass is 210 g/mol. The smallest absolute Gasteiger partial charge is 0.256 e. The molecule has 1 rings (SSSR count). The molecule has 0 aromatic carbocycles. The maximum Gasteiger partial charge on any atom is 0.256 e. The van der Waals surface area contributed by atoms with Gasteiger partial charge in [0, 0.05) is 6.42 Å². The Kier molecular flexibility index (Phi) is 4.34. The lowest BCUT2D eigenvalue weighted by Gasteiger charge is -2.03. The molecule has 1 aromatic heterocycles. The van der Waals surface area contributed by atoms with Gasteiger partial charge in [-0.1, -0.05) is 13.3 Å². The third kappa shape index (κ3) is 3.08. The van der Waals surface area contributed by atoms with Crippen molar-refractivity contribution >= 4 is 5.97 Å². The second-order valence-electron chi connectivity index (χ2n) is 3.60. The van der Waals surface area contributed by atoms with Gasteiger partial charge in [-0.25, -0.2) is 9.13 Å². The van der Waals surface area contributed by atoms with Crippen LogP contribution in [0.3, 0.4) is 0 Å². The molecule has 4 heteroatoms. The van der Waals surface area contributed by atoms with Crippen molar-refractivity contribution in [1.29, 1.82) is 0 Å². The number of aromatic nitrogens is 2. The van der Waals surface area contributed by atoms with E-state index < -0.39 is 5.97 Å². The van der Waals surface area contributed by atoms with Gasteiger partial charge in [0.25, 0.3) is 5.82 Å². The summed E-state index contributed by atoms with van der Waals surface area (Å²) < 4.78 is 3.84. The summed E-state index contributed by atoms with van der Waals surface area (Å²) in [6, 6.07) is 0. The van der Waals surface area contributed by atoms with Gasteiger partial charge in [0.05, 0.1) is 12.5 Å². The van der Waals surface area contributed by atoms with Crippen molar-refractivity contribution in [2.45, 2.75) is 46.2 Å². The number of nitrogens with zero attached hydrogens (tertiary/aromatic N) is 2. The van der Waals surface area contributed by atoms with Gasteiger partial charge >= 0.3 is 0 Å². The van der Waals surface area contributed by atoms with E-state index in [0.717, 1.165) is 31.6 Å². The molecule has 0 radical (unpaired) electrons. The number of unbranched alkanes of at least 4 members (excludes halogenated alkanes) is 1. The molecule has 0 spiro atoms. The summed E-state index contributed by atoms with van der Waals surface area (Å²) in [4.78, 5) is 10.6. The molecule has 0 N–H and O–H groups in total. The predicted octanol–water partition coefficient (Wildman–Crippen LogP) is -0.112. The zero-order valence-electron chi connectivity index (χ0n) is 9.40. The summed E-state index contributed by atoms with van der Waals surface area (Å²) in [5.41, 5.74) is 0. The average molecular weight is 210 g/mol. The minimum atomic E-state index is -1.04. The first-order chi connectivity index (χ1) is 7.19. The van der Waals surface area contributed by atoms with Crippen molar-refractivity contribution in [3.8, 4) is 0 Å². The average Bonchev–Trinajstić information content (AvgIpc) is 2.56. The van der Waals surface area contributed by atoms with Gasteiger partial charge in [-0.3, -0.25) is 0 Å². The fraction of sp³-hybridized carbons (Fsp3) is 0.636. The third-order valence-corrected chi connectivity index (χ3v) is 2.48. The van der Waals surface area contributed by atoms with E-state index in [1.54, 1.807) is 4.57 Å². The second-order valence-corrected chi connectivity index (χ2v) is 3.60. The SMILES string of the molecule is CCCCc1n(CC)cc[n+]1CC(=O)[O-]. The fourth-order valence-electron chi connectivity index (χ4n) is 1.69. The van der Waals surface area contributed by atoms with Crippen molar-refractivity contribution in [3.63, 3.8) is 0 Å². The summed E-state index contributed by atoms with van der Waals surface area (Å²) in [6.45, 7) is 5.01. The van der Waals surface area contributed by atoms with Crippen molar-refractivity contribution in [3.05, 3.63) is 18.2 Å². The highest BCUT2D eigenvalue weighted by Crippen LogP contribution is 2.01. The second kappa shape index (κ2) is 5.53. The first-order valence-electron chi connectivity index (χ1n) is 5.46. The number of aryl methyl sites for hydroxylation is 1. The Hall–Kier alpha value is -1.32. The minimum absolute atomic E-state index is 0.0496. The first-order valence-corrected chi connectivity index (χ1v) is 5.46. The number of imidazole rings is 1. The van der Waals surface area contributed by atoms with Gasteiger partial charge in [0.15, 0.2) is 0 Å². The van der Waals surface area contributed by atoms with E-state index in [9.17, 15) is 9.90 Å². The first kappa shape index (κ1) is 11.8. The fourth-order valence-corrected chi connectivity index (χ4v) is 1.69. The Labute approximate surface area is 90.2 Å². The molecule has 1 heterocycles. The van der Waals surface area contributed by atoms with Crippen LogP contribution in [0.4, 0.5) is 0 Å².